The molecule has 0 N–H and O–H groups in total. The Bertz CT molecular complexity index is 951. The summed E-state index contributed by atoms with van der Waals surface area (Å²) in [7, 11) is -2.23. The molecule has 28 heavy (non-hydrogen) atoms. The van der Waals surface area contributed by atoms with E-state index in [2.05, 4.69) is 6.07 Å². The van der Waals surface area contributed by atoms with Gasteiger partial charge in [-0.25, -0.2) is 8.42 Å². The minimum Gasteiger partial charge on any atom is -0.495 e. The maximum Gasteiger partial charge on any atom is 0.254 e. The second-order valence-corrected chi connectivity index (χ2v) is 10.0. The van der Waals surface area contributed by atoms with Gasteiger partial charge >= 0.3 is 0 Å². The Morgan fingerprint density at radius 2 is 1.93 bits per heavy atom. The second-order valence-electron chi connectivity index (χ2n) is 7.15. The van der Waals surface area contributed by atoms with E-state index in [-0.39, 0.29) is 22.6 Å². The van der Waals surface area contributed by atoms with Crippen LogP contribution in [0, 0.1) is 0 Å². The normalized spacial score (nSPS) is 20.6. The van der Waals surface area contributed by atoms with Crippen molar-refractivity contribution in [3.8, 4) is 5.75 Å². The molecule has 1 aromatic heterocycles. The standard InChI is InChI=1S/C20H24N2O4S2/c1-26-17-9-8-15(14-19(17)28(24,25)21-10-2-3-11-21)20(23)22-12-4-6-16(22)18-7-5-13-27-18/h5,7-9,13-14,16H,2-4,6,10-12H2,1H3. The Balaban J connectivity index is 1.68. The molecular formula is C20H24N2O4S2. The summed E-state index contributed by atoms with van der Waals surface area (Å²) in [6.45, 7) is 1.70. The fourth-order valence-electron chi connectivity index (χ4n) is 4.03. The molecule has 0 radical (unpaired) electrons. The van der Waals surface area contributed by atoms with Gasteiger partial charge in [0.15, 0.2) is 0 Å². The van der Waals surface area contributed by atoms with Gasteiger partial charge in [-0.1, -0.05) is 6.07 Å². The van der Waals surface area contributed by atoms with Crippen molar-refractivity contribution >= 4 is 27.3 Å². The molecule has 0 bridgehead atoms. The molecule has 1 unspecified atom stereocenters. The first-order valence-corrected chi connectivity index (χ1v) is 11.9. The average Bonchev–Trinajstić information content (AvgIpc) is 3.48. The summed E-state index contributed by atoms with van der Waals surface area (Å²) >= 11 is 1.65. The molecule has 8 heteroatoms. The van der Waals surface area contributed by atoms with Crippen LogP contribution in [-0.2, 0) is 10.0 Å². The van der Waals surface area contributed by atoms with Crippen LogP contribution >= 0.6 is 11.3 Å². The van der Waals surface area contributed by atoms with Crippen molar-refractivity contribution in [2.24, 2.45) is 0 Å². The van der Waals surface area contributed by atoms with Gasteiger partial charge in [-0.15, -0.1) is 11.3 Å². The van der Waals surface area contributed by atoms with Crippen molar-refractivity contribution in [3.63, 3.8) is 0 Å². The van der Waals surface area contributed by atoms with Crippen molar-refractivity contribution in [2.45, 2.75) is 36.6 Å². The number of benzene rings is 1. The molecule has 0 aliphatic carbocycles. The SMILES string of the molecule is COc1ccc(C(=O)N2CCCC2c2cccs2)cc1S(=O)(=O)N1CCCC1. The zero-order valence-corrected chi connectivity index (χ0v) is 17.5. The number of hydrogen-bond acceptors (Lipinski definition) is 5. The summed E-state index contributed by atoms with van der Waals surface area (Å²) in [5.41, 5.74) is 0.391. The summed E-state index contributed by atoms with van der Waals surface area (Å²) in [5, 5.41) is 2.02. The van der Waals surface area contributed by atoms with E-state index >= 15 is 0 Å². The molecule has 2 aliphatic rings. The lowest BCUT2D eigenvalue weighted by molar-refractivity contribution is 0.0737. The number of carbonyl (C=O) groups excluding carboxylic acids is 1. The number of methoxy groups -OCH3 is 1. The summed E-state index contributed by atoms with van der Waals surface area (Å²) in [6, 6.07) is 8.85. The number of thiophene rings is 1. The maximum absolute atomic E-state index is 13.2. The van der Waals surface area contributed by atoms with Crippen LogP contribution in [0.25, 0.3) is 0 Å². The highest BCUT2D eigenvalue weighted by Gasteiger charge is 2.34. The molecule has 2 aliphatic heterocycles. The van der Waals surface area contributed by atoms with E-state index in [0.717, 1.165) is 25.7 Å². The van der Waals surface area contributed by atoms with E-state index < -0.39 is 10.0 Å². The van der Waals surface area contributed by atoms with Crippen molar-refractivity contribution in [3.05, 3.63) is 46.2 Å². The maximum atomic E-state index is 13.2. The van der Waals surface area contributed by atoms with Crippen molar-refractivity contribution in [1.82, 2.24) is 9.21 Å². The molecule has 2 saturated heterocycles. The Morgan fingerprint density at radius 3 is 2.61 bits per heavy atom. The lowest BCUT2D eigenvalue weighted by atomic mass is 10.1. The van der Waals surface area contributed by atoms with Crippen molar-refractivity contribution in [2.75, 3.05) is 26.7 Å². The zero-order chi connectivity index (χ0) is 19.7. The molecule has 1 atom stereocenters. The molecule has 150 valence electrons. The number of carbonyl (C=O) groups is 1. The largest absolute Gasteiger partial charge is 0.495 e. The highest BCUT2D eigenvalue weighted by atomic mass is 32.2. The lowest BCUT2D eigenvalue weighted by Gasteiger charge is -2.25. The van der Waals surface area contributed by atoms with Gasteiger partial charge in [0.1, 0.15) is 10.6 Å². The highest BCUT2D eigenvalue weighted by molar-refractivity contribution is 7.89. The molecule has 0 spiro atoms. The quantitative estimate of drug-likeness (QED) is 0.742. The molecule has 2 fully saturated rings. The number of hydrogen-bond donors (Lipinski definition) is 0. The topological polar surface area (TPSA) is 66.9 Å². The van der Waals surface area contributed by atoms with Gasteiger partial charge in [0.25, 0.3) is 5.91 Å². The van der Waals surface area contributed by atoms with E-state index in [1.165, 1.54) is 22.4 Å². The van der Waals surface area contributed by atoms with Crippen LogP contribution in [0.4, 0.5) is 0 Å². The molecule has 4 rings (SSSR count). The van der Waals surface area contributed by atoms with Crippen LogP contribution < -0.4 is 4.74 Å². The van der Waals surface area contributed by atoms with E-state index in [1.807, 2.05) is 16.3 Å². The van der Waals surface area contributed by atoms with Gasteiger partial charge in [0, 0.05) is 30.1 Å². The third-order valence-electron chi connectivity index (χ3n) is 5.48. The molecule has 6 nitrogen and oxygen atoms in total. The first-order valence-electron chi connectivity index (χ1n) is 9.55. The summed E-state index contributed by atoms with van der Waals surface area (Å²) in [4.78, 5) is 16.3. The minimum atomic E-state index is -3.68. The predicted molar refractivity (Wildman–Crippen MR) is 108 cm³/mol. The zero-order valence-electron chi connectivity index (χ0n) is 15.8. The first-order chi connectivity index (χ1) is 13.5. The summed E-state index contributed by atoms with van der Waals surface area (Å²) in [5.74, 6) is 0.149. The molecule has 1 aromatic carbocycles. The monoisotopic (exact) mass is 420 g/mol. The Kier molecular flexibility index (Phi) is 5.44. The Hall–Kier alpha value is -1.90. The number of likely N-dealkylation sites (tertiary alicyclic amines) is 1. The third-order valence-corrected chi connectivity index (χ3v) is 8.37. The van der Waals surface area contributed by atoms with Gasteiger partial charge in [0.05, 0.1) is 13.2 Å². The number of sulfonamides is 1. The Labute approximate surface area is 169 Å². The van der Waals surface area contributed by atoms with Gasteiger partial charge < -0.3 is 9.64 Å². The fraction of sp³-hybridized carbons (Fsp3) is 0.450. The number of ether oxygens (including phenoxy) is 1. The summed E-state index contributed by atoms with van der Waals surface area (Å²) in [6.07, 6.45) is 3.59. The summed E-state index contributed by atoms with van der Waals surface area (Å²) < 4.78 is 32.9. The predicted octanol–water partition coefficient (Wildman–Crippen LogP) is 3.52. The van der Waals surface area contributed by atoms with Crippen molar-refractivity contribution in [1.29, 1.82) is 0 Å². The van der Waals surface area contributed by atoms with Gasteiger partial charge in [0.2, 0.25) is 10.0 Å². The van der Waals surface area contributed by atoms with Crippen LogP contribution in [0.15, 0.2) is 40.6 Å². The highest BCUT2D eigenvalue weighted by Crippen LogP contribution is 2.36. The third kappa shape index (κ3) is 3.44. The van der Waals surface area contributed by atoms with Crippen LogP contribution in [-0.4, -0.2) is 50.3 Å². The van der Waals surface area contributed by atoms with Crippen LogP contribution in [0.5, 0.6) is 5.75 Å². The smallest absolute Gasteiger partial charge is 0.254 e. The fourth-order valence-corrected chi connectivity index (χ4v) is 6.60. The van der Waals surface area contributed by atoms with Gasteiger partial charge in [-0.3, -0.25) is 4.79 Å². The van der Waals surface area contributed by atoms with Crippen LogP contribution in [0.2, 0.25) is 0 Å². The molecule has 1 amide bonds. The average molecular weight is 421 g/mol. The number of nitrogens with zero attached hydrogens (tertiary/aromatic N) is 2. The molecule has 2 aromatic rings. The van der Waals surface area contributed by atoms with E-state index in [4.69, 9.17) is 4.74 Å². The van der Waals surface area contributed by atoms with E-state index in [1.54, 1.807) is 23.5 Å². The first kappa shape index (κ1) is 19.4. The molecule has 3 heterocycles. The van der Waals surface area contributed by atoms with E-state index in [0.29, 0.717) is 25.2 Å². The van der Waals surface area contributed by atoms with Crippen LogP contribution in [0.3, 0.4) is 0 Å². The molecule has 0 saturated carbocycles. The lowest BCUT2D eigenvalue weighted by Crippen LogP contribution is -2.31. The van der Waals surface area contributed by atoms with Crippen LogP contribution in [0.1, 0.15) is 47.0 Å². The van der Waals surface area contributed by atoms with Gasteiger partial charge in [-0.2, -0.15) is 4.31 Å². The molecular weight excluding hydrogens is 396 g/mol. The van der Waals surface area contributed by atoms with Crippen molar-refractivity contribution < 1.29 is 17.9 Å². The van der Waals surface area contributed by atoms with Gasteiger partial charge in [-0.05, 0) is 55.3 Å². The minimum absolute atomic E-state index is 0.0632. The number of rotatable bonds is 5. The van der Waals surface area contributed by atoms with E-state index in [9.17, 15) is 13.2 Å². The second kappa shape index (κ2) is 7.85. The Morgan fingerprint density at radius 1 is 1.14 bits per heavy atom. The number of amides is 1.